The normalized spacial score (nSPS) is 14.5. The second-order valence-electron chi connectivity index (χ2n) is 5.20. The Morgan fingerprint density at radius 3 is 2.81 bits per heavy atom. The first-order chi connectivity index (χ1) is 10.1. The topological polar surface area (TPSA) is 69.6 Å². The molecule has 0 aromatic heterocycles. The van der Waals surface area contributed by atoms with Crippen LogP contribution in [0, 0.1) is 0 Å². The highest BCUT2D eigenvalue weighted by molar-refractivity contribution is 5.89. The molecule has 0 atom stereocenters. The number of carboxylic acids is 1. The van der Waals surface area contributed by atoms with E-state index in [1.54, 1.807) is 23.1 Å². The summed E-state index contributed by atoms with van der Waals surface area (Å²) in [7, 11) is 0. The van der Waals surface area contributed by atoms with E-state index in [4.69, 9.17) is 5.11 Å². The SMILES string of the molecule is CC1=CCCN(C(=O)NCCc2ccccc2C(=O)O)C1. The molecule has 0 radical (unpaired) electrons. The molecule has 0 aliphatic carbocycles. The van der Waals surface area contributed by atoms with E-state index in [9.17, 15) is 9.59 Å². The van der Waals surface area contributed by atoms with Crippen LogP contribution in [0.1, 0.15) is 29.3 Å². The molecule has 112 valence electrons. The molecular weight excluding hydrogens is 268 g/mol. The Kier molecular flexibility index (Phi) is 4.98. The van der Waals surface area contributed by atoms with E-state index < -0.39 is 5.97 Å². The van der Waals surface area contributed by atoms with E-state index >= 15 is 0 Å². The van der Waals surface area contributed by atoms with Gasteiger partial charge in [0.1, 0.15) is 0 Å². The number of hydrogen-bond donors (Lipinski definition) is 2. The molecule has 2 N–H and O–H groups in total. The van der Waals surface area contributed by atoms with Crippen LogP contribution in [0.2, 0.25) is 0 Å². The smallest absolute Gasteiger partial charge is 0.335 e. The predicted octanol–water partition coefficient (Wildman–Crippen LogP) is 2.29. The highest BCUT2D eigenvalue weighted by Gasteiger charge is 2.16. The summed E-state index contributed by atoms with van der Waals surface area (Å²) in [6.45, 7) is 3.84. The van der Waals surface area contributed by atoms with Crippen LogP contribution < -0.4 is 5.32 Å². The lowest BCUT2D eigenvalue weighted by Gasteiger charge is -2.26. The minimum Gasteiger partial charge on any atom is -0.478 e. The van der Waals surface area contributed by atoms with Gasteiger partial charge in [-0.15, -0.1) is 0 Å². The molecule has 1 aliphatic heterocycles. The van der Waals surface area contributed by atoms with E-state index in [1.807, 2.05) is 13.0 Å². The Labute approximate surface area is 124 Å². The van der Waals surface area contributed by atoms with Gasteiger partial charge in [-0.25, -0.2) is 9.59 Å². The number of carbonyl (C=O) groups excluding carboxylic acids is 1. The number of urea groups is 1. The van der Waals surface area contributed by atoms with Crippen LogP contribution in [0.25, 0.3) is 0 Å². The van der Waals surface area contributed by atoms with E-state index in [0.717, 1.165) is 18.5 Å². The van der Waals surface area contributed by atoms with Crippen LogP contribution in [-0.4, -0.2) is 41.6 Å². The highest BCUT2D eigenvalue weighted by Crippen LogP contribution is 2.10. The molecule has 0 saturated heterocycles. The van der Waals surface area contributed by atoms with E-state index in [2.05, 4.69) is 11.4 Å². The summed E-state index contributed by atoms with van der Waals surface area (Å²) in [5.41, 5.74) is 2.23. The van der Waals surface area contributed by atoms with E-state index in [0.29, 0.717) is 25.1 Å². The van der Waals surface area contributed by atoms with Crippen molar-refractivity contribution in [3.63, 3.8) is 0 Å². The lowest BCUT2D eigenvalue weighted by atomic mass is 10.0. The Bertz CT molecular complexity index is 566. The van der Waals surface area contributed by atoms with Gasteiger partial charge in [0, 0.05) is 19.6 Å². The third-order valence-electron chi connectivity index (χ3n) is 3.54. The number of carboxylic acid groups (broad SMARTS) is 1. The van der Waals surface area contributed by atoms with Crippen molar-refractivity contribution in [2.45, 2.75) is 19.8 Å². The maximum absolute atomic E-state index is 12.0. The molecule has 1 aromatic rings. The molecule has 1 aliphatic rings. The van der Waals surface area contributed by atoms with Gasteiger partial charge < -0.3 is 15.3 Å². The molecule has 0 unspecified atom stereocenters. The van der Waals surface area contributed by atoms with Crippen LogP contribution in [-0.2, 0) is 6.42 Å². The zero-order valence-electron chi connectivity index (χ0n) is 12.1. The number of amides is 2. The lowest BCUT2D eigenvalue weighted by molar-refractivity contribution is 0.0695. The summed E-state index contributed by atoms with van der Waals surface area (Å²) in [4.78, 5) is 24.9. The van der Waals surface area contributed by atoms with Gasteiger partial charge in [-0.05, 0) is 31.4 Å². The first kappa shape index (κ1) is 15.1. The minimum absolute atomic E-state index is 0.0877. The van der Waals surface area contributed by atoms with Gasteiger partial charge in [0.2, 0.25) is 0 Å². The van der Waals surface area contributed by atoms with Gasteiger partial charge in [-0.3, -0.25) is 0 Å². The molecule has 5 nitrogen and oxygen atoms in total. The zero-order valence-corrected chi connectivity index (χ0v) is 12.1. The molecule has 0 spiro atoms. The third-order valence-corrected chi connectivity index (χ3v) is 3.54. The molecular formula is C16H20N2O3. The van der Waals surface area contributed by atoms with Gasteiger partial charge in [-0.1, -0.05) is 29.8 Å². The van der Waals surface area contributed by atoms with Crippen LogP contribution in [0.4, 0.5) is 4.79 Å². The largest absolute Gasteiger partial charge is 0.478 e. The molecule has 2 amide bonds. The maximum Gasteiger partial charge on any atom is 0.335 e. The van der Waals surface area contributed by atoms with Crippen molar-refractivity contribution < 1.29 is 14.7 Å². The standard InChI is InChI=1S/C16H20N2O3/c1-12-5-4-10-18(11-12)16(21)17-9-8-13-6-2-3-7-14(13)15(19)20/h2-3,5-7H,4,8-11H2,1H3,(H,17,21)(H,19,20). The number of rotatable bonds is 4. The van der Waals surface area contributed by atoms with Crippen molar-refractivity contribution in [1.82, 2.24) is 10.2 Å². The summed E-state index contributed by atoms with van der Waals surface area (Å²) in [5, 5.41) is 12.0. The summed E-state index contributed by atoms with van der Waals surface area (Å²) < 4.78 is 0. The number of carbonyl (C=O) groups is 2. The van der Waals surface area contributed by atoms with Gasteiger partial charge in [0.15, 0.2) is 0 Å². The highest BCUT2D eigenvalue weighted by atomic mass is 16.4. The number of aromatic carboxylic acids is 1. The van der Waals surface area contributed by atoms with Gasteiger partial charge in [0.25, 0.3) is 0 Å². The third kappa shape index (κ3) is 4.08. The fraction of sp³-hybridized carbons (Fsp3) is 0.375. The van der Waals surface area contributed by atoms with E-state index in [-0.39, 0.29) is 6.03 Å². The zero-order chi connectivity index (χ0) is 15.2. The molecule has 0 fully saturated rings. The van der Waals surface area contributed by atoms with E-state index in [1.165, 1.54) is 5.57 Å². The molecule has 0 saturated carbocycles. The van der Waals surface area contributed by atoms with Crippen molar-refractivity contribution in [2.24, 2.45) is 0 Å². The Hall–Kier alpha value is -2.30. The Morgan fingerprint density at radius 1 is 1.33 bits per heavy atom. The average molecular weight is 288 g/mol. The van der Waals surface area contributed by atoms with Crippen molar-refractivity contribution in [1.29, 1.82) is 0 Å². The minimum atomic E-state index is -0.936. The van der Waals surface area contributed by atoms with Crippen molar-refractivity contribution in [3.05, 3.63) is 47.0 Å². The number of benzene rings is 1. The quantitative estimate of drug-likeness (QED) is 0.835. The number of hydrogen-bond acceptors (Lipinski definition) is 2. The molecule has 21 heavy (non-hydrogen) atoms. The Balaban J connectivity index is 1.86. The summed E-state index contributed by atoms with van der Waals surface area (Å²) in [5.74, 6) is -0.936. The molecule has 2 rings (SSSR count). The summed E-state index contributed by atoms with van der Waals surface area (Å²) in [6, 6.07) is 6.79. The molecule has 1 aromatic carbocycles. The summed E-state index contributed by atoms with van der Waals surface area (Å²) >= 11 is 0. The monoisotopic (exact) mass is 288 g/mol. The maximum atomic E-state index is 12.0. The van der Waals surface area contributed by atoms with Crippen LogP contribution in [0.15, 0.2) is 35.9 Å². The first-order valence-electron chi connectivity index (χ1n) is 7.07. The van der Waals surface area contributed by atoms with Crippen molar-refractivity contribution in [2.75, 3.05) is 19.6 Å². The summed E-state index contributed by atoms with van der Waals surface area (Å²) in [6.07, 6.45) is 3.55. The van der Waals surface area contributed by atoms with Gasteiger partial charge in [0.05, 0.1) is 5.56 Å². The second-order valence-corrected chi connectivity index (χ2v) is 5.20. The average Bonchev–Trinajstić information content (AvgIpc) is 2.47. The van der Waals surface area contributed by atoms with Crippen molar-refractivity contribution >= 4 is 12.0 Å². The van der Waals surface area contributed by atoms with Crippen molar-refractivity contribution in [3.8, 4) is 0 Å². The fourth-order valence-electron chi connectivity index (χ4n) is 2.45. The van der Waals surface area contributed by atoms with Gasteiger partial charge in [-0.2, -0.15) is 0 Å². The number of nitrogens with zero attached hydrogens (tertiary/aromatic N) is 1. The molecule has 1 heterocycles. The lowest BCUT2D eigenvalue weighted by Crippen LogP contribution is -2.43. The predicted molar refractivity (Wildman–Crippen MR) is 80.5 cm³/mol. The van der Waals surface area contributed by atoms with Crippen LogP contribution >= 0.6 is 0 Å². The van der Waals surface area contributed by atoms with Gasteiger partial charge >= 0.3 is 12.0 Å². The van der Waals surface area contributed by atoms with Crippen LogP contribution in [0.3, 0.4) is 0 Å². The first-order valence-corrected chi connectivity index (χ1v) is 7.07. The number of nitrogens with one attached hydrogen (secondary N) is 1. The second kappa shape index (κ2) is 6.92. The molecule has 0 bridgehead atoms. The Morgan fingerprint density at radius 2 is 2.10 bits per heavy atom. The van der Waals surface area contributed by atoms with Crippen LogP contribution in [0.5, 0.6) is 0 Å². The fourth-order valence-corrected chi connectivity index (χ4v) is 2.45. The molecule has 5 heteroatoms.